The highest BCUT2D eigenvalue weighted by molar-refractivity contribution is 7.93. The zero-order valence-electron chi connectivity index (χ0n) is 16.0. The number of hydrogen-bond acceptors (Lipinski definition) is 5. The van der Waals surface area contributed by atoms with Gasteiger partial charge in [-0.3, -0.25) is 9.59 Å². The molecule has 0 bridgehead atoms. The molecule has 0 saturated heterocycles. The van der Waals surface area contributed by atoms with Crippen LogP contribution in [0.3, 0.4) is 0 Å². The summed E-state index contributed by atoms with van der Waals surface area (Å²) in [5.74, 6) is -1.59. The maximum atomic E-state index is 13.0. The smallest absolute Gasteiger partial charge is 0.309 e. The Morgan fingerprint density at radius 3 is 2.32 bits per heavy atom. The van der Waals surface area contributed by atoms with Crippen LogP contribution in [0.2, 0.25) is 0 Å². The minimum Gasteiger partial charge on any atom is -0.348 e. The van der Waals surface area contributed by atoms with Gasteiger partial charge >= 0.3 is 11.8 Å². The predicted octanol–water partition coefficient (Wildman–Crippen LogP) is 0.0301. The highest BCUT2D eigenvalue weighted by Gasteiger charge is 2.31. The summed E-state index contributed by atoms with van der Waals surface area (Å²) in [7, 11) is 0.319. The summed E-state index contributed by atoms with van der Waals surface area (Å²) in [4.78, 5) is 25.3. The van der Waals surface area contributed by atoms with E-state index >= 15 is 0 Å². The maximum Gasteiger partial charge on any atom is 0.309 e. The average molecular weight is 425 g/mol. The third-order valence-corrected chi connectivity index (χ3v) is 7.65. The number of sulfone groups is 1. The molecule has 0 unspecified atom stereocenters. The molecular formula is C19H26N3O4S2+. The van der Waals surface area contributed by atoms with Crippen molar-refractivity contribution in [1.29, 1.82) is 0 Å². The molecule has 1 heterocycles. The zero-order chi connectivity index (χ0) is 20.6. The molecule has 1 atom stereocenters. The van der Waals surface area contributed by atoms with E-state index in [1.54, 1.807) is 41.8 Å². The van der Waals surface area contributed by atoms with Crippen LogP contribution in [0, 0.1) is 0 Å². The fraction of sp³-hybridized carbons (Fsp3) is 0.368. The lowest BCUT2D eigenvalue weighted by atomic mass is 10.1. The van der Waals surface area contributed by atoms with Gasteiger partial charge in [-0.1, -0.05) is 36.4 Å². The van der Waals surface area contributed by atoms with Crippen LogP contribution in [0.1, 0.15) is 17.2 Å². The van der Waals surface area contributed by atoms with Crippen LogP contribution in [0.15, 0.2) is 52.1 Å². The van der Waals surface area contributed by atoms with E-state index in [4.69, 9.17) is 0 Å². The Bertz CT molecular complexity index is 866. The van der Waals surface area contributed by atoms with Gasteiger partial charge in [0, 0.05) is 19.5 Å². The molecule has 0 aliphatic carbocycles. The van der Waals surface area contributed by atoms with E-state index < -0.39 is 26.9 Å². The van der Waals surface area contributed by atoms with E-state index in [1.165, 1.54) is 11.0 Å². The molecule has 3 N–H and O–H groups in total. The van der Waals surface area contributed by atoms with Crippen LogP contribution >= 0.6 is 11.3 Å². The number of carbonyl (C=O) groups is 2. The Labute approximate surface area is 169 Å². The number of thiophene rings is 1. The van der Waals surface area contributed by atoms with E-state index in [2.05, 4.69) is 10.6 Å². The zero-order valence-corrected chi connectivity index (χ0v) is 17.6. The van der Waals surface area contributed by atoms with Gasteiger partial charge in [-0.15, -0.1) is 11.3 Å². The second-order valence-corrected chi connectivity index (χ2v) is 9.96. The largest absolute Gasteiger partial charge is 0.348 e. The van der Waals surface area contributed by atoms with Crippen molar-refractivity contribution in [2.24, 2.45) is 0 Å². The molecule has 2 aromatic rings. The molecule has 2 amide bonds. The second kappa shape index (κ2) is 10.4. The van der Waals surface area contributed by atoms with Crippen molar-refractivity contribution in [3.8, 4) is 0 Å². The van der Waals surface area contributed by atoms with Gasteiger partial charge in [0.2, 0.25) is 0 Å². The molecule has 0 radical (unpaired) electrons. The van der Waals surface area contributed by atoms with E-state index in [0.29, 0.717) is 12.1 Å². The van der Waals surface area contributed by atoms with Crippen LogP contribution in [0.25, 0.3) is 0 Å². The molecule has 0 aliphatic heterocycles. The van der Waals surface area contributed by atoms with Gasteiger partial charge in [0.15, 0.2) is 9.84 Å². The van der Waals surface area contributed by atoms with Crippen LogP contribution < -0.4 is 15.5 Å². The summed E-state index contributed by atoms with van der Waals surface area (Å²) < 4.78 is 26.2. The maximum absolute atomic E-state index is 13.0. The van der Waals surface area contributed by atoms with Crippen molar-refractivity contribution >= 4 is 33.0 Å². The van der Waals surface area contributed by atoms with Gasteiger partial charge in [0.1, 0.15) is 9.46 Å². The van der Waals surface area contributed by atoms with Crippen LogP contribution in [0.4, 0.5) is 0 Å². The van der Waals surface area contributed by atoms with Crippen molar-refractivity contribution in [2.45, 2.75) is 15.9 Å². The van der Waals surface area contributed by atoms with Crippen molar-refractivity contribution < 1.29 is 22.9 Å². The fourth-order valence-corrected chi connectivity index (χ4v) is 5.50. The SMILES string of the molecule is C[NH+](C)CCCNC(=O)C(=O)NC[C@@H](c1ccccc1)S(=O)(=O)c1cccs1. The number of amides is 2. The Kier molecular flexibility index (Phi) is 8.16. The van der Waals surface area contributed by atoms with Gasteiger partial charge < -0.3 is 15.5 Å². The van der Waals surface area contributed by atoms with Gasteiger partial charge in [-0.2, -0.15) is 0 Å². The number of benzene rings is 1. The van der Waals surface area contributed by atoms with Crippen molar-refractivity contribution in [3.63, 3.8) is 0 Å². The predicted molar refractivity (Wildman–Crippen MR) is 109 cm³/mol. The summed E-state index contributed by atoms with van der Waals surface area (Å²) in [6.45, 7) is 1.09. The van der Waals surface area contributed by atoms with Crippen LogP contribution in [0.5, 0.6) is 0 Å². The summed E-state index contributed by atoms with van der Waals surface area (Å²) in [6, 6.07) is 11.9. The molecule has 0 saturated carbocycles. The first-order chi connectivity index (χ1) is 13.3. The summed E-state index contributed by atoms with van der Waals surface area (Å²) in [5, 5.41) is 5.74. The van der Waals surface area contributed by atoms with Crippen LogP contribution in [-0.2, 0) is 19.4 Å². The van der Waals surface area contributed by atoms with Gasteiger partial charge in [0.05, 0.1) is 20.6 Å². The minimum atomic E-state index is -3.69. The fourth-order valence-electron chi connectivity index (χ4n) is 2.63. The van der Waals surface area contributed by atoms with E-state index in [9.17, 15) is 18.0 Å². The van der Waals surface area contributed by atoms with Gasteiger partial charge in [0.25, 0.3) is 0 Å². The molecule has 2 rings (SSSR count). The minimum absolute atomic E-state index is 0.182. The number of hydrogen-bond donors (Lipinski definition) is 3. The summed E-state index contributed by atoms with van der Waals surface area (Å²) >= 11 is 1.13. The number of quaternary nitrogens is 1. The Morgan fingerprint density at radius 1 is 1.04 bits per heavy atom. The third kappa shape index (κ3) is 6.15. The quantitative estimate of drug-likeness (QED) is 0.391. The average Bonchev–Trinajstić information content (AvgIpc) is 3.21. The Balaban J connectivity index is 2.04. The molecule has 9 heteroatoms. The lowest BCUT2D eigenvalue weighted by Gasteiger charge is -2.18. The Hall–Kier alpha value is -2.23. The number of rotatable bonds is 9. The highest BCUT2D eigenvalue weighted by Crippen LogP contribution is 2.30. The molecular weight excluding hydrogens is 398 g/mol. The topological polar surface area (TPSA) is 96.8 Å². The van der Waals surface area contributed by atoms with E-state index in [-0.39, 0.29) is 10.8 Å². The standard InChI is InChI=1S/C19H25N3O4S2/c1-22(2)12-7-11-20-18(23)19(24)21-14-16(15-8-4-3-5-9-15)28(25,26)17-10-6-13-27-17/h3-6,8-10,13,16H,7,11-12,14H2,1-2H3,(H,20,23)(H,21,24)/p+1/t16-/m0/s1. The number of nitrogens with one attached hydrogen (secondary N) is 3. The Morgan fingerprint density at radius 2 is 1.71 bits per heavy atom. The first-order valence-corrected chi connectivity index (χ1v) is 11.4. The van der Waals surface area contributed by atoms with Crippen molar-refractivity contribution in [2.75, 3.05) is 33.7 Å². The molecule has 0 fully saturated rings. The summed E-state index contributed by atoms with van der Waals surface area (Å²) in [6.07, 6.45) is 0.751. The monoisotopic (exact) mass is 424 g/mol. The first-order valence-electron chi connectivity index (χ1n) is 8.99. The van der Waals surface area contributed by atoms with E-state index in [0.717, 1.165) is 24.3 Å². The van der Waals surface area contributed by atoms with Crippen molar-refractivity contribution in [3.05, 3.63) is 53.4 Å². The molecule has 1 aromatic heterocycles. The summed E-state index contributed by atoms with van der Waals surface area (Å²) in [5.41, 5.74) is 0.561. The van der Waals surface area contributed by atoms with Crippen LogP contribution in [-0.4, -0.2) is 54.0 Å². The number of carbonyl (C=O) groups excluding carboxylic acids is 2. The van der Waals surface area contributed by atoms with Gasteiger partial charge in [-0.05, 0) is 17.0 Å². The van der Waals surface area contributed by atoms with Gasteiger partial charge in [-0.25, -0.2) is 8.42 Å². The molecule has 7 nitrogen and oxygen atoms in total. The highest BCUT2D eigenvalue weighted by atomic mass is 32.2. The lowest BCUT2D eigenvalue weighted by molar-refractivity contribution is -0.858. The molecule has 1 aromatic carbocycles. The van der Waals surface area contributed by atoms with E-state index in [1.807, 2.05) is 14.1 Å². The molecule has 0 aliphatic rings. The third-order valence-electron chi connectivity index (χ3n) is 4.11. The second-order valence-electron chi connectivity index (χ2n) is 6.65. The molecule has 152 valence electrons. The molecule has 0 spiro atoms. The normalized spacial score (nSPS) is 12.5. The molecule has 28 heavy (non-hydrogen) atoms. The van der Waals surface area contributed by atoms with Crippen molar-refractivity contribution in [1.82, 2.24) is 10.6 Å². The lowest BCUT2D eigenvalue weighted by Crippen LogP contribution is -3.05. The first kappa shape index (κ1) is 22.1.